The summed E-state index contributed by atoms with van der Waals surface area (Å²) in [4.78, 5) is 3.99. The van der Waals surface area contributed by atoms with Gasteiger partial charge in [0.1, 0.15) is 5.82 Å². The van der Waals surface area contributed by atoms with Crippen molar-refractivity contribution < 1.29 is 0 Å². The van der Waals surface area contributed by atoms with Crippen LogP contribution >= 0.6 is 22.9 Å². The second-order valence-corrected chi connectivity index (χ2v) is 5.65. The molecular formula is C15H10ClN3S. The summed E-state index contributed by atoms with van der Waals surface area (Å²) in [7, 11) is 0. The lowest BCUT2D eigenvalue weighted by Crippen LogP contribution is -1.91. The van der Waals surface area contributed by atoms with Crippen molar-refractivity contribution in [3.8, 4) is 17.2 Å². The van der Waals surface area contributed by atoms with Crippen LogP contribution in [-0.2, 0) is 6.42 Å². The van der Waals surface area contributed by atoms with Crippen LogP contribution in [-0.4, -0.2) is 4.98 Å². The van der Waals surface area contributed by atoms with Crippen LogP contribution in [0.1, 0.15) is 5.56 Å². The number of nitrogen functional groups attached to an aromatic ring is 1. The number of nitriles is 1. The summed E-state index contributed by atoms with van der Waals surface area (Å²) < 4.78 is 1.12. The average Bonchev–Trinajstić information content (AvgIpc) is 2.85. The summed E-state index contributed by atoms with van der Waals surface area (Å²) in [5, 5.41) is 12.6. The number of hydrogen-bond donors (Lipinski definition) is 1. The SMILES string of the molecule is N#CCc1csc2c(-c3cc(N)ncc3Cl)cccc12. The topological polar surface area (TPSA) is 62.7 Å². The van der Waals surface area contributed by atoms with Crippen LogP contribution in [0.3, 0.4) is 0 Å². The van der Waals surface area contributed by atoms with E-state index in [0.29, 0.717) is 17.3 Å². The van der Waals surface area contributed by atoms with Crippen molar-refractivity contribution in [2.75, 3.05) is 5.73 Å². The molecule has 0 unspecified atom stereocenters. The molecule has 1 aromatic carbocycles. The molecule has 2 N–H and O–H groups in total. The number of hydrogen-bond acceptors (Lipinski definition) is 4. The van der Waals surface area contributed by atoms with Crippen LogP contribution in [0, 0.1) is 11.3 Å². The number of anilines is 1. The molecule has 0 aliphatic carbocycles. The lowest BCUT2D eigenvalue weighted by atomic mass is 10.0. The van der Waals surface area contributed by atoms with E-state index in [-0.39, 0.29) is 0 Å². The maximum absolute atomic E-state index is 8.87. The molecule has 0 spiro atoms. The molecular weight excluding hydrogens is 290 g/mol. The molecule has 0 aliphatic heterocycles. The Morgan fingerprint density at radius 2 is 2.20 bits per heavy atom. The van der Waals surface area contributed by atoms with Gasteiger partial charge in [-0.1, -0.05) is 29.8 Å². The quantitative estimate of drug-likeness (QED) is 0.769. The first-order valence-electron chi connectivity index (χ1n) is 5.98. The zero-order valence-electron chi connectivity index (χ0n) is 10.4. The third kappa shape index (κ3) is 2.11. The van der Waals surface area contributed by atoms with E-state index in [1.54, 1.807) is 23.6 Å². The number of nitrogens with two attached hydrogens (primary N) is 1. The summed E-state index contributed by atoms with van der Waals surface area (Å²) in [6.07, 6.45) is 1.98. The summed E-state index contributed by atoms with van der Waals surface area (Å²) in [6, 6.07) is 9.98. The Morgan fingerprint density at radius 3 is 3.00 bits per heavy atom. The smallest absolute Gasteiger partial charge is 0.124 e. The highest BCUT2D eigenvalue weighted by Gasteiger charge is 2.12. The molecule has 5 heteroatoms. The largest absolute Gasteiger partial charge is 0.384 e. The Kier molecular flexibility index (Phi) is 3.31. The number of benzene rings is 1. The fourth-order valence-electron chi connectivity index (χ4n) is 2.21. The molecule has 0 aliphatic rings. The number of rotatable bonds is 2. The minimum atomic E-state index is 0.412. The van der Waals surface area contributed by atoms with Gasteiger partial charge in [-0.2, -0.15) is 5.26 Å². The van der Waals surface area contributed by atoms with Crippen molar-refractivity contribution in [2.45, 2.75) is 6.42 Å². The number of pyridine rings is 1. The van der Waals surface area contributed by atoms with Gasteiger partial charge >= 0.3 is 0 Å². The predicted molar refractivity (Wildman–Crippen MR) is 83.8 cm³/mol. The zero-order chi connectivity index (χ0) is 14.1. The fraction of sp³-hybridized carbons (Fsp3) is 0.0667. The van der Waals surface area contributed by atoms with Gasteiger partial charge in [-0.15, -0.1) is 11.3 Å². The van der Waals surface area contributed by atoms with Crippen LogP contribution in [0.4, 0.5) is 5.82 Å². The van der Waals surface area contributed by atoms with Gasteiger partial charge in [0, 0.05) is 22.0 Å². The first kappa shape index (κ1) is 12.9. The molecule has 3 aromatic rings. The summed E-state index contributed by atoms with van der Waals surface area (Å²) in [5.74, 6) is 0.440. The van der Waals surface area contributed by atoms with E-state index in [0.717, 1.165) is 26.8 Å². The minimum Gasteiger partial charge on any atom is -0.384 e. The van der Waals surface area contributed by atoms with Crippen LogP contribution < -0.4 is 5.73 Å². The predicted octanol–water partition coefficient (Wildman–Crippen LogP) is 4.26. The Bertz CT molecular complexity index is 833. The molecule has 98 valence electrons. The Balaban J connectivity index is 2.27. The van der Waals surface area contributed by atoms with Crippen molar-refractivity contribution in [1.82, 2.24) is 4.98 Å². The molecule has 0 bridgehead atoms. The molecule has 0 radical (unpaired) electrons. The Hall–Kier alpha value is -2.09. The van der Waals surface area contributed by atoms with Crippen molar-refractivity contribution in [3.63, 3.8) is 0 Å². The van der Waals surface area contributed by atoms with E-state index in [9.17, 15) is 0 Å². The third-order valence-corrected chi connectivity index (χ3v) is 4.50. The maximum atomic E-state index is 8.87. The Morgan fingerprint density at radius 1 is 1.35 bits per heavy atom. The van der Waals surface area contributed by atoms with Gasteiger partial charge in [0.15, 0.2) is 0 Å². The van der Waals surface area contributed by atoms with Gasteiger partial charge in [0.05, 0.1) is 17.5 Å². The molecule has 0 atom stereocenters. The number of aromatic nitrogens is 1. The number of halogens is 1. The van der Waals surface area contributed by atoms with Gasteiger partial charge < -0.3 is 5.73 Å². The molecule has 2 heterocycles. The van der Waals surface area contributed by atoms with E-state index in [2.05, 4.69) is 11.1 Å². The van der Waals surface area contributed by atoms with Crippen molar-refractivity contribution in [3.05, 3.63) is 46.4 Å². The maximum Gasteiger partial charge on any atom is 0.124 e. The van der Waals surface area contributed by atoms with Gasteiger partial charge in [-0.05, 0) is 22.4 Å². The summed E-state index contributed by atoms with van der Waals surface area (Å²) in [5.41, 5.74) is 8.70. The monoisotopic (exact) mass is 299 g/mol. The minimum absolute atomic E-state index is 0.412. The van der Waals surface area contributed by atoms with Crippen LogP contribution in [0.25, 0.3) is 21.2 Å². The molecule has 20 heavy (non-hydrogen) atoms. The zero-order valence-corrected chi connectivity index (χ0v) is 12.0. The van der Waals surface area contributed by atoms with E-state index >= 15 is 0 Å². The first-order valence-corrected chi connectivity index (χ1v) is 7.24. The summed E-state index contributed by atoms with van der Waals surface area (Å²) >= 11 is 7.85. The highest BCUT2D eigenvalue weighted by atomic mass is 35.5. The molecule has 3 rings (SSSR count). The number of fused-ring (bicyclic) bond motifs is 1. The van der Waals surface area contributed by atoms with Crippen molar-refractivity contribution >= 4 is 38.8 Å². The number of nitrogens with zero attached hydrogens (tertiary/aromatic N) is 2. The average molecular weight is 300 g/mol. The second kappa shape index (κ2) is 5.12. The Labute approximate surface area is 125 Å². The lowest BCUT2D eigenvalue weighted by molar-refractivity contribution is 1.30. The molecule has 0 amide bonds. The molecule has 0 fully saturated rings. The van der Waals surface area contributed by atoms with Gasteiger partial charge in [-0.25, -0.2) is 4.98 Å². The highest BCUT2D eigenvalue weighted by Crippen LogP contribution is 2.38. The van der Waals surface area contributed by atoms with Crippen LogP contribution in [0.2, 0.25) is 5.02 Å². The highest BCUT2D eigenvalue weighted by molar-refractivity contribution is 7.18. The summed E-state index contributed by atoms with van der Waals surface area (Å²) in [6.45, 7) is 0. The van der Waals surface area contributed by atoms with Crippen LogP contribution in [0.5, 0.6) is 0 Å². The molecule has 0 saturated carbocycles. The van der Waals surface area contributed by atoms with E-state index in [1.165, 1.54) is 0 Å². The first-order chi connectivity index (χ1) is 9.70. The molecule has 3 nitrogen and oxygen atoms in total. The standard InChI is InChI=1S/C15H10ClN3S/c16-13-7-19-14(18)6-12(13)11-3-1-2-10-9(4-5-17)8-20-15(10)11/h1-3,6-8H,4H2,(H2,18,19). The normalized spacial score (nSPS) is 10.6. The van der Waals surface area contributed by atoms with Crippen LogP contribution in [0.15, 0.2) is 35.8 Å². The van der Waals surface area contributed by atoms with Gasteiger partial charge in [0.2, 0.25) is 0 Å². The van der Waals surface area contributed by atoms with E-state index in [1.807, 2.05) is 23.6 Å². The fourth-order valence-corrected chi connectivity index (χ4v) is 3.51. The van der Waals surface area contributed by atoms with E-state index in [4.69, 9.17) is 22.6 Å². The van der Waals surface area contributed by atoms with Crippen molar-refractivity contribution in [2.24, 2.45) is 0 Å². The number of thiophene rings is 1. The van der Waals surface area contributed by atoms with Gasteiger partial charge in [0.25, 0.3) is 0 Å². The molecule has 0 saturated heterocycles. The lowest BCUT2D eigenvalue weighted by Gasteiger charge is -2.07. The van der Waals surface area contributed by atoms with Gasteiger partial charge in [-0.3, -0.25) is 0 Å². The third-order valence-electron chi connectivity index (χ3n) is 3.12. The second-order valence-electron chi connectivity index (χ2n) is 4.37. The van der Waals surface area contributed by atoms with E-state index < -0.39 is 0 Å². The van der Waals surface area contributed by atoms with Crippen molar-refractivity contribution in [1.29, 1.82) is 5.26 Å². The molecule has 2 aromatic heterocycles.